The van der Waals surface area contributed by atoms with Gasteiger partial charge in [-0.1, -0.05) is 138 Å². The Bertz CT molecular complexity index is 2400. The van der Waals surface area contributed by atoms with Gasteiger partial charge in [0.1, 0.15) is 14.1 Å². The smallest absolute Gasteiger partial charge is 0.212 e. The van der Waals surface area contributed by atoms with E-state index in [4.69, 9.17) is 0 Å². The number of rotatable bonds is 22. The quantitative estimate of drug-likeness (QED) is 0.0504. The Kier molecular flexibility index (Phi) is 17.4. The minimum atomic E-state index is 1.12. The van der Waals surface area contributed by atoms with Crippen LogP contribution in [0.4, 0.5) is 0 Å². The number of aryl methyl sites for hydroxylation is 6. The van der Waals surface area contributed by atoms with E-state index in [0.29, 0.717) is 0 Å². The number of pyridine rings is 4. The molecule has 62 heavy (non-hydrogen) atoms. The average Bonchev–Trinajstić information content (AvgIpc) is 3.32. The summed E-state index contributed by atoms with van der Waals surface area (Å²) in [6.07, 6.45) is 34.5. The zero-order chi connectivity index (χ0) is 42.6. The molecule has 0 bridgehead atoms. The molecule has 0 fully saturated rings. The summed E-state index contributed by atoms with van der Waals surface area (Å²) in [4.78, 5) is 8.93. The number of hydrogen-bond acceptors (Lipinski definition) is 2. The number of fused-ring (bicyclic) bond motifs is 4. The zero-order valence-electron chi connectivity index (χ0n) is 37.8. The van der Waals surface area contributed by atoms with E-state index < -0.39 is 0 Å². The first-order chi connectivity index (χ1) is 30.7. The molecule has 0 aliphatic heterocycles. The van der Waals surface area contributed by atoms with E-state index in [1.807, 2.05) is 12.4 Å². The van der Waals surface area contributed by atoms with Crippen molar-refractivity contribution in [3.05, 3.63) is 168 Å². The van der Waals surface area contributed by atoms with Crippen molar-refractivity contribution in [1.82, 2.24) is 9.97 Å². The third kappa shape index (κ3) is 12.8. The molecule has 4 heterocycles. The highest BCUT2D eigenvalue weighted by Gasteiger charge is 2.10. The molecule has 0 amide bonds. The topological polar surface area (TPSA) is 33.5 Å². The summed E-state index contributed by atoms with van der Waals surface area (Å²) < 4.78 is 4.44. The summed E-state index contributed by atoms with van der Waals surface area (Å²) in [5.74, 6) is 0. The van der Waals surface area contributed by atoms with Crippen LogP contribution in [-0.2, 0) is 39.8 Å². The molecule has 4 aromatic heterocycles. The molecule has 4 aromatic carbocycles. The van der Waals surface area contributed by atoms with Crippen LogP contribution in [0.25, 0.3) is 43.6 Å². The molecule has 0 saturated carbocycles. The fraction of sp³-hybridized carbons (Fsp3) is 0.379. The first kappa shape index (κ1) is 44.6. The van der Waals surface area contributed by atoms with Gasteiger partial charge in [-0.25, -0.2) is 9.13 Å². The summed E-state index contributed by atoms with van der Waals surface area (Å²) >= 11 is 0. The summed E-state index contributed by atoms with van der Waals surface area (Å²) in [5, 5.41) is 5.47. The Morgan fingerprint density at radius 1 is 0.306 bits per heavy atom. The standard InChI is InChI=1S/C30H38N2.C28H32N2/c1-31-23-21-25(27-17-11-13-19-29(27)31)15-9-7-5-3-4-6-8-10-16-26-22-24-32(2)30-20-14-12-18-28(26)30;1(3-5-7-13-23-19-21-29-27-17-11-9-15-25(23)27)2-4-6-8-14-24-20-22-30-28-18-12-10-16-26(24)28/h11-14,17-24H,3-10,15-16H2,1-2H3;9-12,15-22H,1-8,13-14H2/q+2;. The third-order valence-electron chi connectivity index (χ3n) is 13.0. The Morgan fingerprint density at radius 3 is 0.968 bits per heavy atom. The third-order valence-corrected chi connectivity index (χ3v) is 13.0. The minimum Gasteiger partial charge on any atom is -0.256 e. The minimum absolute atomic E-state index is 1.12. The van der Waals surface area contributed by atoms with E-state index in [2.05, 4.69) is 167 Å². The molecule has 0 unspecified atom stereocenters. The Labute approximate surface area is 372 Å². The molecule has 0 aliphatic carbocycles. The molecule has 0 saturated heterocycles. The largest absolute Gasteiger partial charge is 0.256 e. The van der Waals surface area contributed by atoms with Crippen molar-refractivity contribution < 1.29 is 9.13 Å². The molecule has 0 N–H and O–H groups in total. The SMILES string of the molecule is C[n+]1ccc(CCCCCCCCCCc2cc[n+](C)c3ccccc23)c2ccccc21.c1ccc2c(CCCCCCCCCCc3ccnc4ccccc34)ccnc2c1. The Hall–Kier alpha value is -5.48. The van der Waals surface area contributed by atoms with Crippen LogP contribution < -0.4 is 9.13 Å². The second-order valence-corrected chi connectivity index (χ2v) is 17.6. The first-order valence-electron chi connectivity index (χ1n) is 24.0. The molecule has 0 aliphatic rings. The number of nitrogens with zero attached hydrogens (tertiary/aromatic N) is 4. The molecule has 0 atom stereocenters. The van der Waals surface area contributed by atoms with Crippen molar-refractivity contribution >= 4 is 43.6 Å². The van der Waals surface area contributed by atoms with Crippen molar-refractivity contribution in [3.8, 4) is 0 Å². The normalized spacial score (nSPS) is 11.4. The number of hydrogen-bond donors (Lipinski definition) is 0. The maximum atomic E-state index is 4.47. The molecule has 8 rings (SSSR count). The molecular weight excluding hydrogens is 753 g/mol. The van der Waals surface area contributed by atoms with Crippen LogP contribution in [0, 0.1) is 0 Å². The van der Waals surface area contributed by atoms with Gasteiger partial charge in [-0.05, 0) is 110 Å². The average molecular weight is 823 g/mol. The van der Waals surface area contributed by atoms with Crippen LogP contribution in [-0.4, -0.2) is 9.97 Å². The van der Waals surface area contributed by atoms with Crippen LogP contribution in [0.15, 0.2) is 146 Å². The Balaban J connectivity index is 0.000000187. The second kappa shape index (κ2) is 24.2. The number of benzene rings is 4. The lowest BCUT2D eigenvalue weighted by Crippen LogP contribution is -2.28. The summed E-state index contributed by atoms with van der Waals surface area (Å²) in [5.41, 5.74) is 10.8. The van der Waals surface area contributed by atoms with E-state index in [0.717, 1.165) is 11.0 Å². The fourth-order valence-electron chi connectivity index (χ4n) is 9.41. The molecule has 4 heteroatoms. The predicted molar refractivity (Wildman–Crippen MR) is 262 cm³/mol. The maximum Gasteiger partial charge on any atom is 0.212 e. The Morgan fingerprint density at radius 2 is 0.597 bits per heavy atom. The molecule has 0 radical (unpaired) electrons. The van der Waals surface area contributed by atoms with Crippen molar-refractivity contribution in [1.29, 1.82) is 0 Å². The van der Waals surface area contributed by atoms with Crippen molar-refractivity contribution in [2.75, 3.05) is 0 Å². The fourth-order valence-corrected chi connectivity index (χ4v) is 9.41. The van der Waals surface area contributed by atoms with Crippen LogP contribution in [0.2, 0.25) is 0 Å². The highest BCUT2D eigenvalue weighted by atomic mass is 14.9. The van der Waals surface area contributed by atoms with Crippen LogP contribution in [0.1, 0.15) is 125 Å². The van der Waals surface area contributed by atoms with Crippen LogP contribution in [0.3, 0.4) is 0 Å². The van der Waals surface area contributed by atoms with Gasteiger partial charge in [-0.3, -0.25) is 9.97 Å². The van der Waals surface area contributed by atoms with Crippen LogP contribution in [0.5, 0.6) is 0 Å². The van der Waals surface area contributed by atoms with Crippen molar-refractivity contribution in [2.45, 2.75) is 128 Å². The number of para-hydroxylation sites is 4. The van der Waals surface area contributed by atoms with Crippen LogP contribution >= 0.6 is 0 Å². The second-order valence-electron chi connectivity index (χ2n) is 17.6. The predicted octanol–water partition coefficient (Wildman–Crippen LogP) is 14.2. The summed E-state index contributed by atoms with van der Waals surface area (Å²) in [6, 6.07) is 43.5. The molecule has 0 spiro atoms. The van der Waals surface area contributed by atoms with Gasteiger partial charge in [0, 0.05) is 58.2 Å². The van der Waals surface area contributed by atoms with E-state index >= 15 is 0 Å². The van der Waals surface area contributed by atoms with Gasteiger partial charge in [0.15, 0.2) is 12.4 Å². The molecule has 8 aromatic rings. The molecule has 4 nitrogen and oxygen atoms in total. The number of aromatic nitrogens is 4. The van der Waals surface area contributed by atoms with Gasteiger partial charge in [0.05, 0.1) is 11.0 Å². The van der Waals surface area contributed by atoms with Gasteiger partial charge in [0.2, 0.25) is 11.0 Å². The summed E-state index contributed by atoms with van der Waals surface area (Å²) in [6.45, 7) is 0. The van der Waals surface area contributed by atoms with E-state index in [1.165, 1.54) is 183 Å². The van der Waals surface area contributed by atoms with Crippen molar-refractivity contribution in [3.63, 3.8) is 0 Å². The van der Waals surface area contributed by atoms with Gasteiger partial charge in [-0.2, -0.15) is 0 Å². The molecular formula is C58H70N4+2. The van der Waals surface area contributed by atoms with Gasteiger partial charge >= 0.3 is 0 Å². The van der Waals surface area contributed by atoms with Gasteiger partial charge in [0.25, 0.3) is 0 Å². The zero-order valence-corrected chi connectivity index (χ0v) is 37.8. The van der Waals surface area contributed by atoms with Crippen molar-refractivity contribution in [2.24, 2.45) is 14.1 Å². The number of unbranched alkanes of at least 4 members (excludes halogenated alkanes) is 14. The van der Waals surface area contributed by atoms with Gasteiger partial charge < -0.3 is 0 Å². The lowest BCUT2D eigenvalue weighted by molar-refractivity contribution is -0.645. The van der Waals surface area contributed by atoms with Gasteiger partial charge in [-0.15, -0.1) is 0 Å². The maximum absolute atomic E-state index is 4.47. The lowest BCUT2D eigenvalue weighted by Gasteiger charge is -2.07. The highest BCUT2D eigenvalue weighted by Crippen LogP contribution is 2.23. The summed E-state index contributed by atoms with van der Waals surface area (Å²) in [7, 11) is 4.27. The monoisotopic (exact) mass is 823 g/mol. The van der Waals surface area contributed by atoms with E-state index in [9.17, 15) is 0 Å². The van der Waals surface area contributed by atoms with E-state index in [-0.39, 0.29) is 0 Å². The highest BCUT2D eigenvalue weighted by molar-refractivity contribution is 5.83. The lowest BCUT2D eigenvalue weighted by atomic mass is 10.00. The van der Waals surface area contributed by atoms with E-state index in [1.54, 1.807) is 0 Å². The molecule has 320 valence electrons. The first-order valence-corrected chi connectivity index (χ1v) is 24.0.